The van der Waals surface area contributed by atoms with Crippen LogP contribution in [0.4, 0.5) is 0 Å². The molecule has 1 fully saturated rings. The largest absolute Gasteiger partial charge is 0.252 e. The Kier molecular flexibility index (Phi) is 6.00. The molecule has 0 saturated carbocycles. The van der Waals surface area contributed by atoms with Gasteiger partial charge in [0.2, 0.25) is 10.0 Å². The number of halogens is 1. The molecule has 0 amide bonds. The third-order valence-corrected chi connectivity index (χ3v) is 10.0. The monoisotopic (exact) mass is 448 g/mol. The second-order valence-corrected chi connectivity index (χ2v) is 12.4. The minimum atomic E-state index is -3.64. The lowest BCUT2D eigenvalue weighted by atomic mass is 10.0. The number of piperazine rings is 1. The van der Waals surface area contributed by atoms with Crippen molar-refractivity contribution in [2.24, 2.45) is 0 Å². The minimum Gasteiger partial charge on any atom is -0.207 e. The second-order valence-electron chi connectivity index (χ2n) is 6.59. The quantitative estimate of drug-likeness (QED) is 0.703. The van der Waals surface area contributed by atoms with Gasteiger partial charge in [0.15, 0.2) is 0 Å². The first kappa shape index (κ1) is 20.8. The fraction of sp³-hybridized carbons (Fsp3) is 0.412. The standard InChI is InChI=1S/C17H21ClN2O4S3/c1-13(2)14-3-5-15(6-4-14)26(21,22)19-9-11-20(12-10-19)27(23,24)17-8-7-16(18)25-17/h3-8,13H,9-12H2,1-2H3. The lowest BCUT2D eigenvalue weighted by Crippen LogP contribution is -2.50. The lowest BCUT2D eigenvalue weighted by Gasteiger charge is -2.33. The van der Waals surface area contributed by atoms with Crippen molar-refractivity contribution in [3.8, 4) is 0 Å². The molecule has 1 saturated heterocycles. The molecule has 0 spiro atoms. The number of benzene rings is 1. The van der Waals surface area contributed by atoms with Crippen LogP contribution in [0.25, 0.3) is 0 Å². The summed E-state index contributed by atoms with van der Waals surface area (Å²) in [5.41, 5.74) is 1.07. The zero-order valence-electron chi connectivity index (χ0n) is 15.0. The second kappa shape index (κ2) is 7.81. The van der Waals surface area contributed by atoms with Crippen LogP contribution in [0.3, 0.4) is 0 Å². The normalized spacial score (nSPS) is 17.5. The smallest absolute Gasteiger partial charge is 0.207 e. The number of hydrogen-bond acceptors (Lipinski definition) is 5. The van der Waals surface area contributed by atoms with E-state index in [1.807, 2.05) is 26.0 Å². The van der Waals surface area contributed by atoms with Crippen LogP contribution in [0.15, 0.2) is 45.5 Å². The highest BCUT2D eigenvalue weighted by Gasteiger charge is 2.34. The minimum absolute atomic E-state index is 0.112. The molecule has 1 aromatic carbocycles. The third-order valence-electron chi connectivity index (χ3n) is 4.52. The van der Waals surface area contributed by atoms with Crippen LogP contribution >= 0.6 is 22.9 Å². The number of rotatable bonds is 5. The van der Waals surface area contributed by atoms with Crippen molar-refractivity contribution in [1.82, 2.24) is 8.61 Å². The Morgan fingerprint density at radius 3 is 1.81 bits per heavy atom. The summed E-state index contributed by atoms with van der Waals surface area (Å²) in [4.78, 5) is 0.230. The molecule has 148 valence electrons. The summed E-state index contributed by atoms with van der Waals surface area (Å²) in [6, 6.07) is 9.88. The van der Waals surface area contributed by atoms with E-state index in [1.54, 1.807) is 18.2 Å². The molecule has 1 aromatic heterocycles. The highest BCUT2D eigenvalue weighted by Crippen LogP contribution is 2.29. The van der Waals surface area contributed by atoms with Gasteiger partial charge >= 0.3 is 0 Å². The Hall–Kier alpha value is -0.970. The fourth-order valence-electron chi connectivity index (χ4n) is 2.89. The van der Waals surface area contributed by atoms with Crippen LogP contribution in [-0.2, 0) is 20.0 Å². The maximum Gasteiger partial charge on any atom is 0.252 e. The van der Waals surface area contributed by atoms with Crippen molar-refractivity contribution in [1.29, 1.82) is 0 Å². The van der Waals surface area contributed by atoms with Crippen molar-refractivity contribution >= 4 is 43.0 Å². The molecular formula is C17H21ClN2O4S3. The molecule has 0 N–H and O–H groups in total. The van der Waals surface area contributed by atoms with Gasteiger partial charge in [-0.1, -0.05) is 37.6 Å². The molecule has 0 atom stereocenters. The van der Waals surface area contributed by atoms with Crippen LogP contribution in [0.1, 0.15) is 25.3 Å². The highest BCUT2D eigenvalue weighted by atomic mass is 35.5. The molecule has 3 rings (SSSR count). The van der Waals surface area contributed by atoms with Gasteiger partial charge in [-0.05, 0) is 35.7 Å². The van der Waals surface area contributed by atoms with Gasteiger partial charge in [-0.3, -0.25) is 0 Å². The van der Waals surface area contributed by atoms with E-state index in [0.29, 0.717) is 10.3 Å². The molecule has 27 heavy (non-hydrogen) atoms. The summed E-state index contributed by atoms with van der Waals surface area (Å²) >= 11 is 6.83. The average molecular weight is 449 g/mol. The zero-order chi connectivity index (χ0) is 19.8. The molecule has 2 aromatic rings. The summed E-state index contributed by atoms with van der Waals surface area (Å²) < 4.78 is 54.2. The molecule has 1 aliphatic heterocycles. The van der Waals surface area contributed by atoms with Crippen LogP contribution in [0, 0.1) is 0 Å². The van der Waals surface area contributed by atoms with Crippen molar-refractivity contribution in [2.45, 2.75) is 28.9 Å². The first-order valence-corrected chi connectivity index (χ1v) is 12.6. The van der Waals surface area contributed by atoms with Crippen LogP contribution in [-0.4, -0.2) is 51.6 Å². The van der Waals surface area contributed by atoms with Gasteiger partial charge in [-0.25, -0.2) is 16.8 Å². The van der Waals surface area contributed by atoms with Gasteiger partial charge in [-0.2, -0.15) is 8.61 Å². The lowest BCUT2D eigenvalue weighted by molar-refractivity contribution is 0.273. The van der Waals surface area contributed by atoms with Crippen LogP contribution in [0.2, 0.25) is 4.34 Å². The number of sulfonamides is 2. The Morgan fingerprint density at radius 2 is 1.37 bits per heavy atom. The zero-order valence-corrected chi connectivity index (χ0v) is 18.2. The molecule has 6 nitrogen and oxygen atoms in total. The van der Waals surface area contributed by atoms with E-state index in [2.05, 4.69) is 0 Å². The molecule has 2 heterocycles. The van der Waals surface area contributed by atoms with Crippen molar-refractivity contribution < 1.29 is 16.8 Å². The Balaban J connectivity index is 1.73. The summed E-state index contributed by atoms with van der Waals surface area (Å²) in [5.74, 6) is 0.321. The van der Waals surface area contributed by atoms with Gasteiger partial charge < -0.3 is 0 Å². The van der Waals surface area contributed by atoms with Crippen LogP contribution in [0.5, 0.6) is 0 Å². The van der Waals surface area contributed by atoms with Gasteiger partial charge in [0.1, 0.15) is 4.21 Å². The van der Waals surface area contributed by atoms with Gasteiger partial charge in [0.25, 0.3) is 10.0 Å². The number of nitrogens with zero attached hydrogens (tertiary/aromatic N) is 2. The Bertz CT molecular complexity index is 1010. The predicted octanol–water partition coefficient (Wildman–Crippen LogP) is 3.22. The van der Waals surface area contributed by atoms with E-state index < -0.39 is 20.0 Å². The fourth-order valence-corrected chi connectivity index (χ4v) is 7.37. The number of hydrogen-bond donors (Lipinski definition) is 0. The van der Waals surface area contributed by atoms with E-state index >= 15 is 0 Å². The maximum atomic E-state index is 12.8. The first-order chi connectivity index (χ1) is 12.6. The molecule has 0 aliphatic carbocycles. The van der Waals surface area contributed by atoms with Crippen LogP contribution < -0.4 is 0 Å². The maximum absolute atomic E-state index is 12.8. The van der Waals surface area contributed by atoms with Gasteiger partial charge in [0.05, 0.1) is 9.23 Å². The third kappa shape index (κ3) is 4.23. The van der Waals surface area contributed by atoms with Gasteiger partial charge in [-0.15, -0.1) is 11.3 Å². The van der Waals surface area contributed by atoms with E-state index in [0.717, 1.165) is 16.9 Å². The van der Waals surface area contributed by atoms with Crippen molar-refractivity contribution in [3.63, 3.8) is 0 Å². The van der Waals surface area contributed by atoms with E-state index in [1.165, 1.54) is 14.7 Å². The Labute approximate surface area is 169 Å². The summed E-state index contributed by atoms with van der Waals surface area (Å²) in [7, 11) is -7.28. The molecule has 1 aliphatic rings. The Morgan fingerprint density at radius 1 is 0.852 bits per heavy atom. The molecule has 0 unspecified atom stereocenters. The predicted molar refractivity (Wildman–Crippen MR) is 107 cm³/mol. The van der Waals surface area contributed by atoms with Crippen molar-refractivity contribution in [3.05, 3.63) is 46.3 Å². The summed E-state index contributed by atoms with van der Waals surface area (Å²) in [6.07, 6.45) is 0. The average Bonchev–Trinajstić information content (AvgIpc) is 3.09. The first-order valence-electron chi connectivity index (χ1n) is 8.48. The highest BCUT2D eigenvalue weighted by molar-refractivity contribution is 7.91. The summed E-state index contributed by atoms with van der Waals surface area (Å²) in [6.45, 7) is 4.55. The van der Waals surface area contributed by atoms with Crippen molar-refractivity contribution in [2.75, 3.05) is 26.2 Å². The SMILES string of the molecule is CC(C)c1ccc(S(=O)(=O)N2CCN(S(=O)(=O)c3ccc(Cl)s3)CC2)cc1. The topological polar surface area (TPSA) is 74.8 Å². The van der Waals surface area contributed by atoms with E-state index in [4.69, 9.17) is 11.6 Å². The summed E-state index contributed by atoms with van der Waals surface area (Å²) in [5, 5.41) is 0. The van der Waals surface area contributed by atoms with E-state index in [-0.39, 0.29) is 35.3 Å². The van der Waals surface area contributed by atoms with Gasteiger partial charge in [0, 0.05) is 26.2 Å². The van der Waals surface area contributed by atoms with E-state index in [9.17, 15) is 16.8 Å². The molecule has 0 bridgehead atoms. The molecule has 10 heteroatoms. The number of thiophene rings is 1. The molecule has 0 radical (unpaired) electrons. The molecular weight excluding hydrogens is 428 g/mol.